The van der Waals surface area contributed by atoms with Gasteiger partial charge in [0.15, 0.2) is 21.4 Å². The maximum absolute atomic E-state index is 14.2. The molecule has 2 aromatic rings. The molecule has 2 N–H and O–H groups in total. The first-order valence-electron chi connectivity index (χ1n) is 9.40. The number of ether oxygens (including phenoxy) is 2. The highest BCUT2D eigenvalue weighted by Crippen LogP contribution is 2.28. The summed E-state index contributed by atoms with van der Waals surface area (Å²) in [6.45, 7) is -0.166. The lowest BCUT2D eigenvalue weighted by Crippen LogP contribution is -2.31. The molecule has 32 heavy (non-hydrogen) atoms. The Hall–Kier alpha value is -3.44. The van der Waals surface area contributed by atoms with Crippen LogP contribution in [0.5, 0.6) is 11.5 Å². The first-order chi connectivity index (χ1) is 15.1. The zero-order valence-electron chi connectivity index (χ0n) is 17.3. The summed E-state index contributed by atoms with van der Waals surface area (Å²) >= 11 is 0. The number of hydrogen-bond acceptors (Lipinski definition) is 8. The summed E-state index contributed by atoms with van der Waals surface area (Å²) in [4.78, 5) is 25.7. The van der Waals surface area contributed by atoms with E-state index in [0.717, 1.165) is 12.3 Å². The van der Waals surface area contributed by atoms with Gasteiger partial charge in [-0.3, -0.25) is 4.79 Å². The average molecular weight is 464 g/mol. The second-order valence-electron chi connectivity index (χ2n) is 6.91. The van der Waals surface area contributed by atoms with Gasteiger partial charge in [0.1, 0.15) is 11.4 Å². The molecule has 2 aromatic carbocycles. The van der Waals surface area contributed by atoms with Gasteiger partial charge in [0, 0.05) is 18.5 Å². The first kappa shape index (κ1) is 23.2. The van der Waals surface area contributed by atoms with E-state index in [0.29, 0.717) is 5.69 Å². The SMILES string of the molecule is COC(=O)C1=C(Nc2ccc(Oc3ccc(S(C)(=O)=O)cc3F)cc2)C(=O)N(CCO)C1. The van der Waals surface area contributed by atoms with Crippen molar-refractivity contribution in [3.8, 4) is 11.5 Å². The molecule has 0 saturated carbocycles. The van der Waals surface area contributed by atoms with Crippen molar-refractivity contribution >= 4 is 27.4 Å². The van der Waals surface area contributed by atoms with E-state index in [1.54, 1.807) is 12.1 Å². The largest absolute Gasteiger partial charge is 0.466 e. The van der Waals surface area contributed by atoms with E-state index >= 15 is 0 Å². The van der Waals surface area contributed by atoms with Crippen LogP contribution in [0.25, 0.3) is 0 Å². The monoisotopic (exact) mass is 464 g/mol. The topological polar surface area (TPSA) is 122 Å². The number of hydrogen-bond donors (Lipinski definition) is 2. The predicted octanol–water partition coefficient (Wildman–Crippen LogP) is 1.69. The van der Waals surface area contributed by atoms with Crippen molar-refractivity contribution in [2.45, 2.75) is 4.90 Å². The molecule has 9 nitrogen and oxygen atoms in total. The van der Waals surface area contributed by atoms with Crippen LogP contribution in [0, 0.1) is 5.82 Å². The van der Waals surface area contributed by atoms with Gasteiger partial charge in [-0.15, -0.1) is 0 Å². The Labute approximate surface area is 184 Å². The molecule has 0 atom stereocenters. The average Bonchev–Trinajstić information content (AvgIpc) is 3.05. The van der Waals surface area contributed by atoms with Crippen LogP contribution in [-0.2, 0) is 24.2 Å². The number of sulfone groups is 1. The number of carbonyl (C=O) groups is 2. The number of β-amino-alcohol motifs (C(OH)–C–C–N with tert-alkyl or cyclic N) is 1. The van der Waals surface area contributed by atoms with Gasteiger partial charge in [0.25, 0.3) is 5.91 Å². The van der Waals surface area contributed by atoms with Gasteiger partial charge in [0.05, 0.1) is 30.7 Å². The normalized spacial score (nSPS) is 14.0. The molecule has 170 valence electrons. The van der Waals surface area contributed by atoms with Gasteiger partial charge in [-0.2, -0.15) is 0 Å². The molecule has 1 heterocycles. The molecule has 3 rings (SSSR count). The molecule has 0 unspecified atom stereocenters. The summed E-state index contributed by atoms with van der Waals surface area (Å²) in [5.74, 6) is -1.83. The van der Waals surface area contributed by atoms with Gasteiger partial charge >= 0.3 is 5.97 Å². The highest BCUT2D eigenvalue weighted by atomic mass is 32.2. The lowest BCUT2D eigenvalue weighted by Gasteiger charge is -2.15. The van der Waals surface area contributed by atoms with E-state index in [4.69, 9.17) is 14.6 Å². The molecule has 0 radical (unpaired) electrons. The van der Waals surface area contributed by atoms with Crippen LogP contribution in [0.1, 0.15) is 0 Å². The molecule has 1 amide bonds. The fourth-order valence-electron chi connectivity index (χ4n) is 3.02. The number of nitrogens with one attached hydrogen (secondary N) is 1. The van der Waals surface area contributed by atoms with Crippen LogP contribution >= 0.6 is 0 Å². The van der Waals surface area contributed by atoms with Crippen molar-refractivity contribution in [2.75, 3.05) is 38.4 Å². The standard InChI is InChI=1S/C21H21FN2O7S/c1-30-21(27)16-12-24(9-10-25)20(26)19(16)23-13-3-5-14(6-4-13)31-18-8-7-15(11-17(18)22)32(2,28)29/h3-8,11,23,25H,9-10,12H2,1-2H3. The second-order valence-corrected chi connectivity index (χ2v) is 8.93. The summed E-state index contributed by atoms with van der Waals surface area (Å²) in [6, 6.07) is 9.48. The molecular formula is C21H21FN2O7S. The number of aliphatic hydroxyl groups is 1. The minimum absolute atomic E-state index is 0.0122. The number of benzene rings is 2. The van der Waals surface area contributed by atoms with Crippen LogP contribution in [-0.4, -0.2) is 63.4 Å². The van der Waals surface area contributed by atoms with Crippen LogP contribution < -0.4 is 10.1 Å². The molecule has 11 heteroatoms. The Bertz CT molecular complexity index is 1180. The number of halogens is 1. The minimum atomic E-state index is -3.54. The third kappa shape index (κ3) is 5.06. The number of amides is 1. The Balaban J connectivity index is 1.77. The van der Waals surface area contributed by atoms with E-state index in [1.807, 2.05) is 0 Å². The third-order valence-electron chi connectivity index (χ3n) is 4.64. The third-order valence-corrected chi connectivity index (χ3v) is 5.75. The fourth-order valence-corrected chi connectivity index (χ4v) is 3.65. The summed E-state index contributed by atoms with van der Waals surface area (Å²) < 4.78 is 47.4. The van der Waals surface area contributed by atoms with E-state index < -0.39 is 27.5 Å². The lowest BCUT2D eigenvalue weighted by molar-refractivity contribution is -0.136. The zero-order valence-corrected chi connectivity index (χ0v) is 18.1. The molecule has 1 aliphatic rings. The van der Waals surface area contributed by atoms with E-state index in [1.165, 1.54) is 36.3 Å². The van der Waals surface area contributed by atoms with E-state index in [9.17, 15) is 22.4 Å². The van der Waals surface area contributed by atoms with Gasteiger partial charge in [0.2, 0.25) is 0 Å². The number of anilines is 1. The zero-order chi connectivity index (χ0) is 23.5. The molecule has 0 bridgehead atoms. The molecule has 0 saturated heterocycles. The summed E-state index contributed by atoms with van der Waals surface area (Å²) in [7, 11) is -2.33. The van der Waals surface area contributed by atoms with Crippen molar-refractivity contribution in [3.05, 3.63) is 59.6 Å². The Morgan fingerprint density at radius 3 is 2.47 bits per heavy atom. The maximum atomic E-state index is 14.2. The number of aliphatic hydroxyl groups excluding tert-OH is 1. The van der Waals surface area contributed by atoms with Crippen molar-refractivity contribution in [3.63, 3.8) is 0 Å². The maximum Gasteiger partial charge on any atom is 0.337 e. The Morgan fingerprint density at radius 2 is 1.91 bits per heavy atom. The van der Waals surface area contributed by atoms with Gasteiger partial charge in [-0.1, -0.05) is 0 Å². The van der Waals surface area contributed by atoms with Crippen molar-refractivity contribution in [1.29, 1.82) is 0 Å². The van der Waals surface area contributed by atoms with E-state index in [2.05, 4.69) is 5.32 Å². The second kappa shape index (κ2) is 9.37. The quantitative estimate of drug-likeness (QED) is 0.566. The molecule has 0 spiro atoms. The summed E-state index contributed by atoms with van der Waals surface area (Å²) in [5.41, 5.74) is 0.640. The summed E-state index contributed by atoms with van der Waals surface area (Å²) in [5, 5.41) is 12.0. The minimum Gasteiger partial charge on any atom is -0.466 e. The number of carbonyl (C=O) groups excluding carboxylic acids is 2. The van der Waals surface area contributed by atoms with Gasteiger partial charge < -0.3 is 24.8 Å². The number of esters is 1. The number of methoxy groups -OCH3 is 1. The van der Waals surface area contributed by atoms with E-state index in [-0.39, 0.29) is 47.4 Å². The Kier molecular flexibility index (Phi) is 6.80. The Morgan fingerprint density at radius 1 is 1.22 bits per heavy atom. The van der Waals surface area contributed by atoms with Crippen molar-refractivity contribution < 1.29 is 37.0 Å². The van der Waals surface area contributed by atoms with Gasteiger partial charge in [-0.05, 0) is 42.5 Å². The van der Waals surface area contributed by atoms with Crippen molar-refractivity contribution in [1.82, 2.24) is 4.90 Å². The van der Waals surface area contributed by atoms with Crippen LogP contribution in [0.3, 0.4) is 0 Å². The fraction of sp³-hybridized carbons (Fsp3) is 0.238. The van der Waals surface area contributed by atoms with Crippen LogP contribution in [0.4, 0.5) is 10.1 Å². The van der Waals surface area contributed by atoms with Crippen molar-refractivity contribution in [2.24, 2.45) is 0 Å². The highest BCUT2D eigenvalue weighted by Gasteiger charge is 2.34. The molecular weight excluding hydrogens is 443 g/mol. The van der Waals surface area contributed by atoms with Crippen LogP contribution in [0.15, 0.2) is 58.6 Å². The first-order valence-corrected chi connectivity index (χ1v) is 11.3. The highest BCUT2D eigenvalue weighted by molar-refractivity contribution is 7.90. The molecule has 0 aromatic heterocycles. The lowest BCUT2D eigenvalue weighted by atomic mass is 10.2. The smallest absolute Gasteiger partial charge is 0.337 e. The number of rotatable bonds is 8. The summed E-state index contributed by atoms with van der Waals surface area (Å²) in [6.07, 6.45) is 0.979. The van der Waals surface area contributed by atoms with Crippen LogP contribution in [0.2, 0.25) is 0 Å². The molecule has 0 aliphatic carbocycles. The molecule has 1 aliphatic heterocycles. The predicted molar refractivity (Wildman–Crippen MR) is 112 cm³/mol. The molecule has 0 fully saturated rings. The number of nitrogens with zero attached hydrogens (tertiary/aromatic N) is 1. The van der Waals surface area contributed by atoms with Gasteiger partial charge in [-0.25, -0.2) is 17.6 Å².